The zero-order chi connectivity index (χ0) is 36.7. The molecule has 5 heteroatoms. The van der Waals surface area contributed by atoms with Crippen LogP contribution in [-0.2, 0) is 26.5 Å². The molecule has 0 saturated carbocycles. The zero-order valence-electron chi connectivity index (χ0n) is 31.7. The maximum atomic E-state index is 8.39. The van der Waals surface area contributed by atoms with E-state index >= 15 is 0 Å². The summed E-state index contributed by atoms with van der Waals surface area (Å²) in [6.07, 6.45) is 3.73. The number of fused-ring (bicyclic) bond motifs is 5. The minimum atomic E-state index is -2.27. The molecule has 0 amide bonds. The molecule has 0 spiro atoms. The van der Waals surface area contributed by atoms with Crippen molar-refractivity contribution >= 4 is 32.7 Å². The Balaban J connectivity index is 0.000000179. The van der Waals surface area contributed by atoms with Gasteiger partial charge in [-0.15, -0.1) is 54.1 Å². The number of rotatable bonds is 4. The van der Waals surface area contributed by atoms with Crippen molar-refractivity contribution in [1.29, 1.82) is 0 Å². The quantitative estimate of drug-likeness (QED) is 0.166. The standard InChI is InChI=1S/C22H22N.C21H13N2O.Ir/c1-22(2,3)16-17-9-11-18(12-10-17)20-13-14-23-21(15-20)19-7-5-4-6-8-19;1-13-11-18-14(12-23-13)8-9-16-15-5-4-6-17(20(15)24-21(16)18)19-7-2-3-10-22-19;/h4-7,9-15H,16H2,1-3H3;2-5,7-12H,1H3;/q2*-1;/i16D2;1D3;. The second-order valence-electron chi connectivity index (χ2n) is 12.3. The Morgan fingerprint density at radius 1 is 0.708 bits per heavy atom. The third-order valence-electron chi connectivity index (χ3n) is 7.70. The van der Waals surface area contributed by atoms with Gasteiger partial charge in [-0.3, -0.25) is 4.98 Å². The van der Waals surface area contributed by atoms with Gasteiger partial charge in [-0.25, -0.2) is 0 Å². The van der Waals surface area contributed by atoms with Crippen LogP contribution in [0.4, 0.5) is 0 Å². The fraction of sp³-hybridized carbons (Fsp3) is 0.140. The molecule has 48 heavy (non-hydrogen) atoms. The van der Waals surface area contributed by atoms with Crippen molar-refractivity contribution in [2.75, 3.05) is 0 Å². The molecule has 0 N–H and O–H groups in total. The molecule has 1 radical (unpaired) electrons. The molecule has 0 aliphatic carbocycles. The predicted octanol–water partition coefficient (Wildman–Crippen LogP) is 11.1. The van der Waals surface area contributed by atoms with Gasteiger partial charge in [0.25, 0.3) is 0 Å². The number of aromatic nitrogens is 3. The van der Waals surface area contributed by atoms with E-state index in [1.807, 2.05) is 124 Å². The first-order valence-corrected chi connectivity index (χ1v) is 15.4. The number of furan rings is 1. The molecule has 0 bridgehead atoms. The van der Waals surface area contributed by atoms with E-state index in [4.69, 9.17) is 11.3 Å². The van der Waals surface area contributed by atoms with Crippen molar-refractivity contribution in [3.8, 4) is 33.6 Å². The molecule has 8 aromatic rings. The minimum Gasteiger partial charge on any atom is -0.500 e. The van der Waals surface area contributed by atoms with Crippen LogP contribution in [0.3, 0.4) is 0 Å². The summed E-state index contributed by atoms with van der Waals surface area (Å²) < 4.78 is 45.9. The average Bonchev–Trinajstić information content (AvgIpc) is 3.54. The summed E-state index contributed by atoms with van der Waals surface area (Å²) in [5.74, 6) is 0. The molecular weight excluding hydrogens is 767 g/mol. The van der Waals surface area contributed by atoms with Crippen molar-refractivity contribution in [3.63, 3.8) is 0 Å². The number of hydrogen-bond donors (Lipinski definition) is 0. The van der Waals surface area contributed by atoms with Crippen LogP contribution >= 0.6 is 0 Å². The van der Waals surface area contributed by atoms with Crippen molar-refractivity contribution in [2.45, 2.75) is 34.0 Å². The molecule has 239 valence electrons. The van der Waals surface area contributed by atoms with Crippen LogP contribution in [-0.4, -0.2) is 15.0 Å². The van der Waals surface area contributed by atoms with E-state index in [2.05, 4.69) is 27.1 Å². The monoisotopic (exact) mass is 807 g/mol. The molecular formula is C43H35IrN3O-2. The molecule has 4 aromatic carbocycles. The van der Waals surface area contributed by atoms with E-state index in [1.54, 1.807) is 24.7 Å². The number of benzene rings is 4. The predicted molar refractivity (Wildman–Crippen MR) is 193 cm³/mol. The summed E-state index contributed by atoms with van der Waals surface area (Å²) in [5.41, 5.74) is 7.14. The summed E-state index contributed by atoms with van der Waals surface area (Å²) in [5, 5.41) is 3.43. The Kier molecular flexibility index (Phi) is 7.90. The third kappa shape index (κ3) is 7.13. The zero-order valence-corrected chi connectivity index (χ0v) is 29.1. The molecule has 4 aromatic heterocycles. The van der Waals surface area contributed by atoms with Gasteiger partial charge in [0.2, 0.25) is 0 Å². The maximum Gasteiger partial charge on any atom is 0.128 e. The van der Waals surface area contributed by atoms with E-state index < -0.39 is 18.6 Å². The molecule has 0 saturated heterocycles. The summed E-state index contributed by atoms with van der Waals surface area (Å²) in [4.78, 5) is 12.9. The Hall–Kier alpha value is -4.96. The number of aryl methyl sites for hydroxylation is 1. The average molecular weight is 807 g/mol. The van der Waals surface area contributed by atoms with Gasteiger partial charge in [0.05, 0.1) is 5.58 Å². The number of nitrogens with zero attached hydrogens (tertiary/aromatic N) is 3. The summed E-state index contributed by atoms with van der Waals surface area (Å²) in [6.45, 7) is 3.50. The van der Waals surface area contributed by atoms with Gasteiger partial charge >= 0.3 is 0 Å². The first-order chi connectivity index (χ1) is 24.8. The van der Waals surface area contributed by atoms with Crippen LogP contribution in [0.25, 0.3) is 66.4 Å². The summed E-state index contributed by atoms with van der Waals surface area (Å²) in [7, 11) is 0. The smallest absolute Gasteiger partial charge is 0.128 e. The minimum absolute atomic E-state index is 0. The van der Waals surface area contributed by atoms with Crippen LogP contribution in [0.15, 0.2) is 132 Å². The van der Waals surface area contributed by atoms with Crippen molar-refractivity contribution in [3.05, 3.63) is 151 Å². The molecule has 0 fully saturated rings. The van der Waals surface area contributed by atoms with E-state index in [0.29, 0.717) is 16.7 Å². The fourth-order valence-corrected chi connectivity index (χ4v) is 5.61. The van der Waals surface area contributed by atoms with E-state index in [9.17, 15) is 0 Å². The van der Waals surface area contributed by atoms with Gasteiger partial charge < -0.3 is 14.4 Å². The molecule has 4 heterocycles. The van der Waals surface area contributed by atoms with Gasteiger partial charge in [0, 0.05) is 67.4 Å². The Labute approximate surface area is 302 Å². The summed E-state index contributed by atoms with van der Waals surface area (Å²) >= 11 is 0. The van der Waals surface area contributed by atoms with Gasteiger partial charge in [-0.2, -0.15) is 0 Å². The van der Waals surface area contributed by atoms with Gasteiger partial charge in [-0.1, -0.05) is 86.3 Å². The number of hydrogen-bond acceptors (Lipinski definition) is 4. The van der Waals surface area contributed by atoms with Crippen LogP contribution in [0.5, 0.6) is 0 Å². The Bertz CT molecular complexity index is 2510. The van der Waals surface area contributed by atoms with Crippen LogP contribution in [0.2, 0.25) is 0 Å². The fourth-order valence-electron chi connectivity index (χ4n) is 5.61. The van der Waals surface area contributed by atoms with Crippen LogP contribution in [0, 0.1) is 24.4 Å². The largest absolute Gasteiger partial charge is 0.500 e. The Morgan fingerprint density at radius 2 is 1.52 bits per heavy atom. The first-order valence-electron chi connectivity index (χ1n) is 17.9. The molecule has 4 nitrogen and oxygen atoms in total. The van der Waals surface area contributed by atoms with Crippen molar-refractivity contribution in [2.24, 2.45) is 5.41 Å². The van der Waals surface area contributed by atoms with E-state index in [-0.39, 0.29) is 25.8 Å². The first kappa shape index (κ1) is 27.0. The van der Waals surface area contributed by atoms with Gasteiger partial charge in [0.1, 0.15) is 5.58 Å². The molecule has 8 rings (SSSR count). The molecule has 0 unspecified atom stereocenters. The van der Waals surface area contributed by atoms with Crippen molar-refractivity contribution in [1.82, 2.24) is 15.0 Å². The molecule has 0 aliphatic rings. The van der Waals surface area contributed by atoms with Gasteiger partial charge in [0.15, 0.2) is 0 Å². The van der Waals surface area contributed by atoms with Crippen LogP contribution in [0.1, 0.15) is 38.9 Å². The van der Waals surface area contributed by atoms with E-state index in [0.717, 1.165) is 55.2 Å². The van der Waals surface area contributed by atoms with Crippen LogP contribution < -0.4 is 0 Å². The van der Waals surface area contributed by atoms with Gasteiger partial charge in [-0.05, 0) is 64.9 Å². The second kappa shape index (κ2) is 14.0. The Morgan fingerprint density at radius 3 is 2.27 bits per heavy atom. The third-order valence-corrected chi connectivity index (χ3v) is 7.70. The number of pyridine rings is 3. The maximum absolute atomic E-state index is 8.39. The van der Waals surface area contributed by atoms with Crippen molar-refractivity contribution < 1.29 is 31.4 Å². The SMILES string of the molecule is [2H]C([2H])([2H])c1cc2c(ccc3c4cc[c-]c(-c5ccccn5)c4oc23)cn1.[2H]C([2H])(c1ccc(-c2ccnc(-c3[c-]cccc3)c2)cc1)C(C)(C)C.[Ir]. The molecule has 0 atom stereocenters. The summed E-state index contributed by atoms with van der Waals surface area (Å²) in [6, 6.07) is 40.9. The topological polar surface area (TPSA) is 51.8 Å². The second-order valence-corrected chi connectivity index (χ2v) is 12.3. The van der Waals surface area contributed by atoms with E-state index in [1.165, 1.54) is 0 Å². The normalized spacial score (nSPS) is 13.4. The molecule has 0 aliphatic heterocycles.